The molecule has 0 bridgehead atoms. The van der Waals surface area contributed by atoms with Crippen molar-refractivity contribution in [3.8, 4) is 0 Å². The zero-order valence-electron chi connectivity index (χ0n) is 11.8. The second-order valence-corrected chi connectivity index (χ2v) is 5.63. The standard InChI is InChI=1S/C14H23NO5/c1-9(20-8-11-4-2-3-7-19-11)13(16)15-12(14(17)18)10-5-6-10/h9-12H,2-8H2,1H3,(H,15,16)(H,17,18). The van der Waals surface area contributed by atoms with Crippen LogP contribution in [0.1, 0.15) is 39.0 Å². The maximum absolute atomic E-state index is 11.9. The molecular formula is C14H23NO5. The summed E-state index contributed by atoms with van der Waals surface area (Å²) in [7, 11) is 0. The van der Waals surface area contributed by atoms with Crippen LogP contribution < -0.4 is 5.32 Å². The summed E-state index contributed by atoms with van der Waals surface area (Å²) in [6, 6.07) is -0.778. The van der Waals surface area contributed by atoms with Crippen LogP contribution in [0, 0.1) is 5.92 Å². The molecule has 20 heavy (non-hydrogen) atoms. The minimum atomic E-state index is -0.969. The predicted octanol–water partition coefficient (Wildman–Crippen LogP) is 0.940. The first-order chi connectivity index (χ1) is 9.58. The van der Waals surface area contributed by atoms with Crippen molar-refractivity contribution < 1.29 is 24.2 Å². The minimum Gasteiger partial charge on any atom is -0.480 e. The molecule has 0 aromatic rings. The topological polar surface area (TPSA) is 84.9 Å². The van der Waals surface area contributed by atoms with E-state index in [0.717, 1.165) is 38.7 Å². The lowest BCUT2D eigenvalue weighted by Gasteiger charge is -2.24. The molecule has 0 spiro atoms. The van der Waals surface area contributed by atoms with E-state index in [1.54, 1.807) is 6.92 Å². The third kappa shape index (κ3) is 4.45. The van der Waals surface area contributed by atoms with Gasteiger partial charge in [0.2, 0.25) is 5.91 Å². The Kier molecular flexibility index (Phi) is 5.37. The number of carboxylic acid groups (broad SMARTS) is 1. The van der Waals surface area contributed by atoms with Gasteiger partial charge in [0, 0.05) is 6.61 Å². The highest BCUT2D eigenvalue weighted by Crippen LogP contribution is 2.32. The van der Waals surface area contributed by atoms with Crippen molar-refractivity contribution in [2.24, 2.45) is 5.92 Å². The Hall–Kier alpha value is -1.14. The first-order valence-corrected chi connectivity index (χ1v) is 7.34. The number of rotatable bonds is 7. The number of hydrogen-bond acceptors (Lipinski definition) is 4. The van der Waals surface area contributed by atoms with Crippen LogP contribution in [0.4, 0.5) is 0 Å². The van der Waals surface area contributed by atoms with Crippen molar-refractivity contribution in [3.05, 3.63) is 0 Å². The first-order valence-electron chi connectivity index (χ1n) is 7.34. The van der Waals surface area contributed by atoms with Crippen LogP contribution in [0.2, 0.25) is 0 Å². The van der Waals surface area contributed by atoms with Gasteiger partial charge in [0.05, 0.1) is 12.7 Å². The van der Waals surface area contributed by atoms with E-state index in [-0.39, 0.29) is 17.9 Å². The molecular weight excluding hydrogens is 262 g/mol. The molecule has 1 saturated heterocycles. The van der Waals surface area contributed by atoms with Gasteiger partial charge in [0.1, 0.15) is 12.1 Å². The zero-order valence-corrected chi connectivity index (χ0v) is 11.8. The molecule has 1 heterocycles. The lowest BCUT2D eigenvalue weighted by Crippen LogP contribution is -2.47. The van der Waals surface area contributed by atoms with Crippen LogP contribution >= 0.6 is 0 Å². The Morgan fingerprint density at radius 3 is 2.65 bits per heavy atom. The zero-order chi connectivity index (χ0) is 14.5. The summed E-state index contributed by atoms with van der Waals surface area (Å²) < 4.78 is 11.0. The molecule has 1 aliphatic carbocycles. The van der Waals surface area contributed by atoms with Gasteiger partial charge in [0.25, 0.3) is 0 Å². The Bertz CT molecular complexity index is 349. The van der Waals surface area contributed by atoms with E-state index in [4.69, 9.17) is 14.6 Å². The van der Waals surface area contributed by atoms with Crippen molar-refractivity contribution in [2.45, 2.75) is 57.3 Å². The van der Waals surface area contributed by atoms with Gasteiger partial charge in [-0.1, -0.05) is 0 Å². The number of carbonyl (C=O) groups excluding carboxylic acids is 1. The molecule has 0 radical (unpaired) electrons. The van der Waals surface area contributed by atoms with E-state index in [1.807, 2.05) is 0 Å². The van der Waals surface area contributed by atoms with Gasteiger partial charge in [-0.05, 0) is 44.9 Å². The predicted molar refractivity (Wildman–Crippen MR) is 71.3 cm³/mol. The quantitative estimate of drug-likeness (QED) is 0.727. The van der Waals surface area contributed by atoms with Crippen LogP contribution in [0.25, 0.3) is 0 Å². The van der Waals surface area contributed by atoms with Crippen LogP contribution in [0.3, 0.4) is 0 Å². The molecule has 6 heteroatoms. The summed E-state index contributed by atoms with van der Waals surface area (Å²) in [6.45, 7) is 2.77. The first kappa shape index (κ1) is 15.3. The number of ether oxygens (including phenoxy) is 2. The Balaban J connectivity index is 1.71. The summed E-state index contributed by atoms with van der Waals surface area (Å²) in [4.78, 5) is 23.0. The van der Waals surface area contributed by atoms with Crippen LogP contribution in [0.5, 0.6) is 0 Å². The molecule has 3 unspecified atom stereocenters. The Morgan fingerprint density at radius 1 is 1.35 bits per heavy atom. The van der Waals surface area contributed by atoms with E-state index in [0.29, 0.717) is 6.61 Å². The summed E-state index contributed by atoms with van der Waals surface area (Å²) in [6.07, 6.45) is 4.28. The number of amides is 1. The highest BCUT2D eigenvalue weighted by molar-refractivity contribution is 5.86. The molecule has 2 aliphatic rings. The molecule has 1 aliphatic heterocycles. The second kappa shape index (κ2) is 7.04. The lowest BCUT2D eigenvalue weighted by molar-refractivity contribution is -0.145. The average Bonchev–Trinajstić information content (AvgIpc) is 3.27. The number of aliphatic carboxylic acids is 1. The number of nitrogens with one attached hydrogen (secondary N) is 1. The average molecular weight is 285 g/mol. The van der Waals surface area contributed by atoms with Gasteiger partial charge in [-0.15, -0.1) is 0 Å². The highest BCUT2D eigenvalue weighted by atomic mass is 16.5. The van der Waals surface area contributed by atoms with Crippen molar-refractivity contribution >= 4 is 11.9 Å². The Labute approximate surface area is 118 Å². The lowest BCUT2D eigenvalue weighted by atomic mass is 10.1. The highest BCUT2D eigenvalue weighted by Gasteiger charge is 2.38. The second-order valence-electron chi connectivity index (χ2n) is 5.63. The van der Waals surface area contributed by atoms with Gasteiger partial charge in [0.15, 0.2) is 0 Å². The summed E-state index contributed by atoms with van der Waals surface area (Å²) >= 11 is 0. The molecule has 0 aromatic carbocycles. The van der Waals surface area contributed by atoms with Crippen LogP contribution in [0.15, 0.2) is 0 Å². The van der Waals surface area contributed by atoms with Crippen molar-refractivity contribution in [1.82, 2.24) is 5.32 Å². The molecule has 6 nitrogen and oxygen atoms in total. The fourth-order valence-corrected chi connectivity index (χ4v) is 2.35. The van der Waals surface area contributed by atoms with E-state index < -0.39 is 18.1 Å². The van der Waals surface area contributed by atoms with Gasteiger partial charge >= 0.3 is 5.97 Å². The van der Waals surface area contributed by atoms with E-state index in [2.05, 4.69) is 5.32 Å². The summed E-state index contributed by atoms with van der Waals surface area (Å²) in [5.74, 6) is -1.26. The molecule has 3 atom stereocenters. The van der Waals surface area contributed by atoms with Crippen LogP contribution in [-0.2, 0) is 19.1 Å². The number of carbonyl (C=O) groups is 2. The van der Waals surface area contributed by atoms with Crippen LogP contribution in [-0.4, -0.2) is 48.4 Å². The minimum absolute atomic E-state index is 0.0534. The molecule has 2 rings (SSSR count). The van der Waals surface area contributed by atoms with Crippen molar-refractivity contribution in [3.63, 3.8) is 0 Å². The Morgan fingerprint density at radius 2 is 2.10 bits per heavy atom. The summed E-state index contributed by atoms with van der Waals surface area (Å²) in [5, 5.41) is 11.6. The maximum atomic E-state index is 11.9. The molecule has 2 N–H and O–H groups in total. The largest absolute Gasteiger partial charge is 0.480 e. The van der Waals surface area contributed by atoms with E-state index in [1.165, 1.54) is 0 Å². The van der Waals surface area contributed by atoms with E-state index >= 15 is 0 Å². The maximum Gasteiger partial charge on any atom is 0.326 e. The molecule has 0 aromatic heterocycles. The SMILES string of the molecule is CC(OCC1CCCCO1)C(=O)NC(C(=O)O)C1CC1. The van der Waals surface area contributed by atoms with Crippen molar-refractivity contribution in [2.75, 3.05) is 13.2 Å². The van der Waals surface area contributed by atoms with Crippen molar-refractivity contribution in [1.29, 1.82) is 0 Å². The molecule has 1 saturated carbocycles. The smallest absolute Gasteiger partial charge is 0.326 e. The number of hydrogen-bond donors (Lipinski definition) is 2. The molecule has 1 amide bonds. The summed E-state index contributed by atoms with van der Waals surface area (Å²) in [5.41, 5.74) is 0. The van der Waals surface area contributed by atoms with Gasteiger partial charge in [-0.2, -0.15) is 0 Å². The van der Waals surface area contributed by atoms with Gasteiger partial charge in [-0.3, -0.25) is 4.79 Å². The third-order valence-corrected chi connectivity index (χ3v) is 3.83. The van der Waals surface area contributed by atoms with Gasteiger partial charge in [-0.25, -0.2) is 4.79 Å². The number of carboxylic acids is 1. The molecule has 2 fully saturated rings. The fraction of sp³-hybridized carbons (Fsp3) is 0.857. The third-order valence-electron chi connectivity index (χ3n) is 3.83. The monoisotopic (exact) mass is 285 g/mol. The van der Waals surface area contributed by atoms with Gasteiger partial charge < -0.3 is 19.9 Å². The molecule has 114 valence electrons. The fourth-order valence-electron chi connectivity index (χ4n) is 2.35. The normalized spacial score (nSPS) is 25.8. The van der Waals surface area contributed by atoms with E-state index in [9.17, 15) is 9.59 Å².